The Balaban J connectivity index is 1.81. The molecule has 0 saturated carbocycles. The average molecular weight is 335 g/mol. The molecule has 0 spiro atoms. The van der Waals surface area contributed by atoms with Gasteiger partial charge < -0.3 is 4.74 Å². The Labute approximate surface area is 136 Å². The van der Waals surface area contributed by atoms with Crippen LogP contribution in [0.5, 0.6) is 0 Å². The summed E-state index contributed by atoms with van der Waals surface area (Å²) in [6.07, 6.45) is 5.09. The van der Waals surface area contributed by atoms with Crippen LogP contribution < -0.4 is 4.72 Å². The van der Waals surface area contributed by atoms with Crippen LogP contribution in [0, 0.1) is 13.8 Å². The van der Waals surface area contributed by atoms with E-state index in [-0.39, 0.29) is 6.04 Å². The number of sulfonamides is 1. The molecule has 23 heavy (non-hydrogen) atoms. The first-order valence-electron chi connectivity index (χ1n) is 7.68. The molecule has 0 amide bonds. The van der Waals surface area contributed by atoms with E-state index in [1.807, 2.05) is 23.7 Å². The van der Waals surface area contributed by atoms with E-state index in [1.165, 1.54) is 0 Å². The van der Waals surface area contributed by atoms with Crippen molar-refractivity contribution in [1.82, 2.24) is 9.78 Å². The molecular formula is C16H21N3O3S. The summed E-state index contributed by atoms with van der Waals surface area (Å²) >= 11 is 0. The number of ether oxygens (including phenoxy) is 1. The van der Waals surface area contributed by atoms with E-state index in [0.717, 1.165) is 24.0 Å². The SMILES string of the molecule is Cc1ccc(C)c(S(=O)(=O)Nc2cnn(C3CCOCC3)c2)c1. The van der Waals surface area contributed by atoms with E-state index >= 15 is 0 Å². The average Bonchev–Trinajstić information content (AvgIpc) is 2.98. The molecule has 1 N–H and O–H groups in total. The van der Waals surface area contributed by atoms with E-state index in [4.69, 9.17) is 4.74 Å². The number of benzene rings is 1. The van der Waals surface area contributed by atoms with Gasteiger partial charge in [0.1, 0.15) is 0 Å². The summed E-state index contributed by atoms with van der Waals surface area (Å²) in [5.41, 5.74) is 2.12. The maximum absolute atomic E-state index is 12.6. The molecule has 6 nitrogen and oxygen atoms in total. The Hall–Kier alpha value is -1.86. The van der Waals surface area contributed by atoms with Gasteiger partial charge in [-0.15, -0.1) is 0 Å². The van der Waals surface area contributed by atoms with E-state index in [9.17, 15) is 8.42 Å². The summed E-state index contributed by atoms with van der Waals surface area (Å²) in [4.78, 5) is 0.302. The first-order chi connectivity index (χ1) is 11.0. The number of hydrogen-bond acceptors (Lipinski definition) is 4. The quantitative estimate of drug-likeness (QED) is 0.932. The molecule has 0 aliphatic carbocycles. The molecule has 1 aromatic carbocycles. The summed E-state index contributed by atoms with van der Waals surface area (Å²) in [5, 5.41) is 4.29. The predicted molar refractivity (Wildman–Crippen MR) is 88.0 cm³/mol. The Bertz CT molecular complexity index is 793. The van der Waals surface area contributed by atoms with Crippen molar-refractivity contribution in [2.45, 2.75) is 37.6 Å². The molecule has 2 aromatic rings. The first-order valence-corrected chi connectivity index (χ1v) is 9.16. The molecule has 1 saturated heterocycles. The van der Waals surface area contributed by atoms with Crippen LogP contribution in [0.15, 0.2) is 35.5 Å². The number of anilines is 1. The number of aromatic nitrogens is 2. The van der Waals surface area contributed by atoms with Crippen molar-refractivity contribution in [1.29, 1.82) is 0 Å². The van der Waals surface area contributed by atoms with Crippen LogP contribution in [0.25, 0.3) is 0 Å². The Morgan fingerprint density at radius 2 is 2.00 bits per heavy atom. The number of nitrogens with zero attached hydrogens (tertiary/aromatic N) is 2. The third-order valence-electron chi connectivity index (χ3n) is 4.05. The fourth-order valence-corrected chi connectivity index (χ4v) is 4.11. The van der Waals surface area contributed by atoms with E-state index < -0.39 is 10.0 Å². The van der Waals surface area contributed by atoms with Gasteiger partial charge in [0.05, 0.1) is 22.8 Å². The van der Waals surface area contributed by atoms with Crippen molar-refractivity contribution in [3.63, 3.8) is 0 Å². The van der Waals surface area contributed by atoms with Gasteiger partial charge in [-0.25, -0.2) is 8.42 Å². The monoisotopic (exact) mass is 335 g/mol. The lowest BCUT2D eigenvalue weighted by molar-refractivity contribution is 0.0662. The van der Waals surface area contributed by atoms with Crippen LogP contribution in [0.1, 0.15) is 30.0 Å². The lowest BCUT2D eigenvalue weighted by atomic mass is 10.1. The molecular weight excluding hydrogens is 314 g/mol. The standard InChI is InChI=1S/C16H21N3O3S/c1-12-3-4-13(2)16(9-12)23(20,21)18-14-10-17-19(11-14)15-5-7-22-8-6-15/h3-4,9-11,15,18H,5-8H2,1-2H3. The zero-order valence-corrected chi connectivity index (χ0v) is 14.1. The van der Waals surface area contributed by atoms with Gasteiger partial charge in [-0.2, -0.15) is 5.10 Å². The highest BCUT2D eigenvalue weighted by Gasteiger charge is 2.20. The second-order valence-corrected chi connectivity index (χ2v) is 7.58. The molecule has 0 atom stereocenters. The minimum Gasteiger partial charge on any atom is -0.381 e. The molecule has 3 rings (SSSR count). The normalized spacial score (nSPS) is 16.4. The Morgan fingerprint density at radius 1 is 1.26 bits per heavy atom. The minimum atomic E-state index is -3.61. The van der Waals surface area contributed by atoms with Crippen molar-refractivity contribution in [2.24, 2.45) is 0 Å². The minimum absolute atomic E-state index is 0.266. The highest BCUT2D eigenvalue weighted by Crippen LogP contribution is 2.24. The topological polar surface area (TPSA) is 73.2 Å². The number of nitrogens with one attached hydrogen (secondary N) is 1. The van der Waals surface area contributed by atoms with Crippen molar-refractivity contribution < 1.29 is 13.2 Å². The van der Waals surface area contributed by atoms with Crippen LogP contribution in [0.4, 0.5) is 5.69 Å². The number of aryl methyl sites for hydroxylation is 2. The maximum atomic E-state index is 12.6. The fourth-order valence-electron chi connectivity index (χ4n) is 2.75. The largest absolute Gasteiger partial charge is 0.381 e. The van der Waals surface area contributed by atoms with E-state index in [2.05, 4.69) is 9.82 Å². The third-order valence-corrected chi connectivity index (χ3v) is 5.58. The van der Waals surface area contributed by atoms with Crippen molar-refractivity contribution in [3.8, 4) is 0 Å². The maximum Gasteiger partial charge on any atom is 0.262 e. The summed E-state index contributed by atoms with van der Waals surface area (Å²) < 4.78 is 35.0. The smallest absolute Gasteiger partial charge is 0.262 e. The Morgan fingerprint density at radius 3 is 2.74 bits per heavy atom. The van der Waals surface area contributed by atoms with Crippen molar-refractivity contribution in [2.75, 3.05) is 17.9 Å². The number of rotatable bonds is 4. The summed E-state index contributed by atoms with van der Waals surface area (Å²) in [6, 6.07) is 5.66. The highest BCUT2D eigenvalue weighted by molar-refractivity contribution is 7.92. The lowest BCUT2D eigenvalue weighted by Crippen LogP contribution is -2.20. The van der Waals surface area contributed by atoms with Crippen LogP contribution >= 0.6 is 0 Å². The van der Waals surface area contributed by atoms with Crippen LogP contribution in [-0.4, -0.2) is 31.4 Å². The molecule has 1 aliphatic rings. The van der Waals surface area contributed by atoms with Gasteiger partial charge in [-0.05, 0) is 43.9 Å². The third kappa shape index (κ3) is 3.56. The molecule has 124 valence electrons. The summed E-state index contributed by atoms with van der Waals surface area (Å²) in [6.45, 7) is 5.10. The first kappa shape index (κ1) is 16.0. The van der Waals surface area contributed by atoms with E-state index in [1.54, 1.807) is 25.4 Å². The van der Waals surface area contributed by atoms with Gasteiger partial charge in [0.15, 0.2) is 0 Å². The Kier molecular flexibility index (Phi) is 4.41. The number of hydrogen-bond donors (Lipinski definition) is 1. The van der Waals surface area contributed by atoms with Gasteiger partial charge in [0.25, 0.3) is 10.0 Å². The van der Waals surface area contributed by atoms with Gasteiger partial charge in [-0.1, -0.05) is 12.1 Å². The van der Waals surface area contributed by atoms with Gasteiger partial charge in [0.2, 0.25) is 0 Å². The molecule has 0 bridgehead atoms. The molecule has 0 unspecified atom stereocenters. The fraction of sp³-hybridized carbons (Fsp3) is 0.438. The lowest BCUT2D eigenvalue weighted by Gasteiger charge is -2.22. The molecule has 2 heterocycles. The highest BCUT2D eigenvalue weighted by atomic mass is 32.2. The molecule has 1 aliphatic heterocycles. The van der Waals surface area contributed by atoms with Crippen LogP contribution in [0.2, 0.25) is 0 Å². The molecule has 1 aromatic heterocycles. The molecule has 1 fully saturated rings. The molecule has 7 heteroatoms. The van der Waals surface area contributed by atoms with Gasteiger partial charge in [0, 0.05) is 19.4 Å². The predicted octanol–water partition coefficient (Wildman–Crippen LogP) is 2.65. The van der Waals surface area contributed by atoms with Crippen LogP contribution in [-0.2, 0) is 14.8 Å². The van der Waals surface area contributed by atoms with Crippen LogP contribution in [0.3, 0.4) is 0 Å². The van der Waals surface area contributed by atoms with Gasteiger partial charge >= 0.3 is 0 Å². The van der Waals surface area contributed by atoms with Gasteiger partial charge in [-0.3, -0.25) is 9.40 Å². The summed E-state index contributed by atoms with van der Waals surface area (Å²) in [7, 11) is -3.61. The second-order valence-electron chi connectivity index (χ2n) is 5.93. The zero-order valence-electron chi connectivity index (χ0n) is 13.3. The van der Waals surface area contributed by atoms with Crippen molar-refractivity contribution >= 4 is 15.7 Å². The molecule has 0 radical (unpaired) electrons. The van der Waals surface area contributed by atoms with E-state index in [0.29, 0.717) is 23.8 Å². The van der Waals surface area contributed by atoms with Crippen molar-refractivity contribution in [3.05, 3.63) is 41.7 Å². The second kappa shape index (κ2) is 6.33. The summed E-state index contributed by atoms with van der Waals surface area (Å²) in [5.74, 6) is 0. The zero-order chi connectivity index (χ0) is 16.4.